The minimum Gasteiger partial charge on any atom is -0.328 e. The Morgan fingerprint density at radius 2 is 1.81 bits per heavy atom. The summed E-state index contributed by atoms with van der Waals surface area (Å²) in [4.78, 5) is 33.0. The van der Waals surface area contributed by atoms with Crippen LogP contribution in [-0.4, -0.2) is 58.5 Å². The predicted molar refractivity (Wildman–Crippen MR) is 97.8 cm³/mol. The summed E-state index contributed by atoms with van der Waals surface area (Å²) < 4.78 is 28.7. The van der Waals surface area contributed by atoms with E-state index < -0.39 is 10.0 Å². The monoisotopic (exact) mass is 391 g/mol. The van der Waals surface area contributed by atoms with E-state index in [4.69, 9.17) is 0 Å². The van der Waals surface area contributed by atoms with Crippen LogP contribution < -0.4 is 4.72 Å². The number of hydrogen-bond donors (Lipinski definition) is 1. The zero-order valence-corrected chi connectivity index (χ0v) is 15.6. The highest BCUT2D eigenvalue weighted by molar-refractivity contribution is 7.89. The van der Waals surface area contributed by atoms with Crippen molar-refractivity contribution >= 4 is 21.8 Å². The molecule has 0 bridgehead atoms. The highest BCUT2D eigenvalue weighted by atomic mass is 32.2. The van der Waals surface area contributed by atoms with Gasteiger partial charge in [0.25, 0.3) is 0 Å². The highest BCUT2D eigenvalue weighted by Gasteiger charge is 2.27. The molecule has 9 nitrogen and oxygen atoms in total. The Balaban J connectivity index is 1.52. The highest BCUT2D eigenvalue weighted by Crippen LogP contribution is 2.14. The van der Waals surface area contributed by atoms with Crippen molar-refractivity contribution in [2.75, 3.05) is 18.8 Å². The minimum absolute atomic E-state index is 0.114. The van der Waals surface area contributed by atoms with Gasteiger partial charge >= 0.3 is 0 Å². The average Bonchev–Trinajstić information content (AvgIpc) is 3.10. The molecule has 1 fully saturated rings. The van der Waals surface area contributed by atoms with Crippen molar-refractivity contribution in [1.82, 2.24) is 24.2 Å². The average molecular weight is 391 g/mol. The second-order valence-corrected chi connectivity index (χ2v) is 8.09. The van der Waals surface area contributed by atoms with Gasteiger partial charge in [-0.3, -0.25) is 19.5 Å². The molecular formula is C17H21N5O4S. The van der Waals surface area contributed by atoms with Crippen LogP contribution >= 0.6 is 0 Å². The fourth-order valence-corrected chi connectivity index (χ4v) is 3.84. The quantitative estimate of drug-likeness (QED) is 0.652. The number of nitrogens with one attached hydrogen (secondary N) is 1. The molecule has 144 valence electrons. The first-order valence-corrected chi connectivity index (χ1v) is 10.3. The van der Waals surface area contributed by atoms with Gasteiger partial charge in [-0.25, -0.2) is 18.1 Å². The van der Waals surface area contributed by atoms with E-state index in [1.54, 1.807) is 18.6 Å². The van der Waals surface area contributed by atoms with Crippen LogP contribution in [0.4, 0.5) is 0 Å². The summed E-state index contributed by atoms with van der Waals surface area (Å²) in [7, 11) is -3.60. The number of sulfonamides is 1. The topological polar surface area (TPSA) is 114 Å². The van der Waals surface area contributed by atoms with Gasteiger partial charge < -0.3 is 4.57 Å². The number of pyridine rings is 1. The van der Waals surface area contributed by atoms with E-state index in [-0.39, 0.29) is 43.5 Å². The molecule has 0 atom stereocenters. The maximum atomic E-state index is 12.2. The molecule has 2 aromatic rings. The smallest absolute Gasteiger partial charge is 0.229 e. The van der Waals surface area contributed by atoms with Gasteiger partial charge in [0.2, 0.25) is 21.8 Å². The lowest BCUT2D eigenvalue weighted by atomic mass is 10.1. The van der Waals surface area contributed by atoms with Gasteiger partial charge in [-0.05, 0) is 18.6 Å². The van der Waals surface area contributed by atoms with Crippen LogP contribution in [0.5, 0.6) is 0 Å². The molecule has 3 rings (SSSR count). The van der Waals surface area contributed by atoms with Crippen LogP contribution in [0.25, 0.3) is 11.5 Å². The lowest BCUT2D eigenvalue weighted by Crippen LogP contribution is -2.44. The van der Waals surface area contributed by atoms with Crippen LogP contribution in [0, 0.1) is 0 Å². The van der Waals surface area contributed by atoms with E-state index in [1.165, 1.54) is 0 Å². The van der Waals surface area contributed by atoms with E-state index >= 15 is 0 Å². The summed E-state index contributed by atoms with van der Waals surface area (Å²) in [6.45, 7) is 0.435. The second kappa shape index (κ2) is 8.40. The molecule has 0 radical (unpaired) electrons. The number of nitrogens with zero attached hydrogens (tertiary/aromatic N) is 4. The molecule has 3 heterocycles. The molecule has 0 unspecified atom stereocenters. The first-order valence-electron chi connectivity index (χ1n) is 8.69. The third kappa shape index (κ3) is 4.98. The number of amides is 2. The lowest BCUT2D eigenvalue weighted by molar-refractivity contribution is -0.147. The number of rotatable bonds is 8. The molecule has 10 heteroatoms. The maximum absolute atomic E-state index is 12.2. The summed E-state index contributed by atoms with van der Waals surface area (Å²) in [5.41, 5.74) is 0.701. The van der Waals surface area contributed by atoms with E-state index in [1.807, 2.05) is 22.8 Å². The summed E-state index contributed by atoms with van der Waals surface area (Å²) in [6, 6.07) is 5.49. The van der Waals surface area contributed by atoms with Crippen LogP contribution in [0.2, 0.25) is 0 Å². The molecule has 0 spiro atoms. The number of imidazole rings is 1. The zero-order chi connectivity index (χ0) is 19.3. The lowest BCUT2D eigenvalue weighted by Gasteiger charge is -2.24. The Morgan fingerprint density at radius 3 is 2.52 bits per heavy atom. The number of piperidine rings is 1. The summed E-state index contributed by atoms with van der Waals surface area (Å²) >= 11 is 0. The third-order valence-corrected chi connectivity index (χ3v) is 5.62. The van der Waals surface area contributed by atoms with E-state index in [2.05, 4.69) is 14.7 Å². The first-order chi connectivity index (χ1) is 13.0. The van der Waals surface area contributed by atoms with Gasteiger partial charge in [0.1, 0.15) is 5.69 Å². The minimum atomic E-state index is -3.60. The third-order valence-electron chi connectivity index (χ3n) is 4.25. The molecule has 0 aromatic carbocycles. The van der Waals surface area contributed by atoms with Crippen molar-refractivity contribution in [2.45, 2.75) is 25.8 Å². The Hall–Kier alpha value is -2.59. The van der Waals surface area contributed by atoms with Gasteiger partial charge in [-0.1, -0.05) is 6.07 Å². The van der Waals surface area contributed by atoms with Crippen LogP contribution in [-0.2, 0) is 26.2 Å². The van der Waals surface area contributed by atoms with Gasteiger partial charge in [0.05, 0.1) is 5.75 Å². The van der Waals surface area contributed by atoms with E-state index in [0.717, 1.165) is 4.90 Å². The van der Waals surface area contributed by atoms with Crippen LogP contribution in [0.1, 0.15) is 19.3 Å². The van der Waals surface area contributed by atoms with Gasteiger partial charge in [0, 0.05) is 51.1 Å². The summed E-state index contributed by atoms with van der Waals surface area (Å²) in [6.07, 6.45) is 6.16. The van der Waals surface area contributed by atoms with Gasteiger partial charge in [-0.2, -0.15) is 0 Å². The van der Waals surface area contributed by atoms with Crippen molar-refractivity contribution < 1.29 is 18.0 Å². The molecule has 0 aliphatic carbocycles. The summed E-state index contributed by atoms with van der Waals surface area (Å²) in [5.74, 6) is -0.263. The molecule has 1 aliphatic heterocycles. The largest absolute Gasteiger partial charge is 0.328 e. The molecular weight excluding hydrogens is 370 g/mol. The SMILES string of the molecule is O=C1CCCC(=O)N1CCS(=O)(=O)NCCn1ccnc1-c1ccccn1. The van der Waals surface area contributed by atoms with E-state index in [9.17, 15) is 18.0 Å². The Morgan fingerprint density at radius 1 is 1.04 bits per heavy atom. The second-order valence-electron chi connectivity index (χ2n) is 6.17. The van der Waals surface area contributed by atoms with Crippen molar-refractivity contribution in [2.24, 2.45) is 0 Å². The molecule has 27 heavy (non-hydrogen) atoms. The fraction of sp³-hybridized carbons (Fsp3) is 0.412. The van der Waals surface area contributed by atoms with Crippen molar-refractivity contribution in [3.05, 3.63) is 36.8 Å². The summed E-state index contributed by atoms with van der Waals surface area (Å²) in [5, 5.41) is 0. The molecule has 2 amide bonds. The molecule has 1 N–H and O–H groups in total. The molecule has 1 saturated heterocycles. The number of carbonyl (C=O) groups is 2. The number of carbonyl (C=O) groups excluding carboxylic acids is 2. The first kappa shape index (κ1) is 19.2. The van der Waals surface area contributed by atoms with Crippen LogP contribution in [0.3, 0.4) is 0 Å². The Bertz CT molecular complexity index is 894. The molecule has 2 aromatic heterocycles. The van der Waals surface area contributed by atoms with Crippen molar-refractivity contribution in [3.8, 4) is 11.5 Å². The Labute approximate surface area is 157 Å². The molecule has 0 saturated carbocycles. The number of likely N-dealkylation sites (tertiary alicyclic amines) is 1. The number of imide groups is 1. The molecule has 1 aliphatic rings. The standard InChI is InChI=1S/C17H21N5O4S/c23-15-5-3-6-16(24)22(15)12-13-27(25,26)20-9-11-21-10-8-19-17(21)14-4-1-2-7-18-14/h1-2,4,7-8,10,20H,3,5-6,9,11-13H2. The zero-order valence-electron chi connectivity index (χ0n) is 14.7. The van der Waals surface area contributed by atoms with E-state index in [0.29, 0.717) is 24.5 Å². The van der Waals surface area contributed by atoms with Gasteiger partial charge in [0.15, 0.2) is 5.82 Å². The maximum Gasteiger partial charge on any atom is 0.229 e. The van der Waals surface area contributed by atoms with Crippen molar-refractivity contribution in [1.29, 1.82) is 0 Å². The van der Waals surface area contributed by atoms with Crippen molar-refractivity contribution in [3.63, 3.8) is 0 Å². The number of aromatic nitrogens is 3. The normalized spacial score (nSPS) is 15.3. The Kier molecular flexibility index (Phi) is 5.97. The number of hydrogen-bond acceptors (Lipinski definition) is 6. The fourth-order valence-electron chi connectivity index (χ4n) is 2.87. The van der Waals surface area contributed by atoms with Crippen LogP contribution in [0.15, 0.2) is 36.8 Å². The predicted octanol–water partition coefficient (Wildman–Crippen LogP) is 0.404. The van der Waals surface area contributed by atoms with Gasteiger partial charge in [-0.15, -0.1) is 0 Å².